The number of amides is 1. The second-order valence-corrected chi connectivity index (χ2v) is 9.72. The summed E-state index contributed by atoms with van der Waals surface area (Å²) in [7, 11) is 0. The number of rotatable bonds is 6. The molecule has 0 bridgehead atoms. The van der Waals surface area contributed by atoms with Crippen LogP contribution in [-0.4, -0.2) is 72.8 Å². The normalized spacial score (nSPS) is 20.0. The van der Waals surface area contributed by atoms with Gasteiger partial charge in [-0.2, -0.15) is 0 Å². The lowest BCUT2D eigenvalue weighted by Crippen LogP contribution is -2.44. The van der Waals surface area contributed by atoms with Gasteiger partial charge >= 0.3 is 6.09 Å². The molecule has 8 nitrogen and oxygen atoms in total. The highest BCUT2D eigenvalue weighted by molar-refractivity contribution is 7.13. The molecule has 2 aliphatic rings. The molecule has 3 rings (SSSR count). The number of nitrogens with zero attached hydrogens (tertiary/aromatic N) is 4. The van der Waals surface area contributed by atoms with E-state index < -0.39 is 5.60 Å². The number of hydrogen-bond donors (Lipinski definition) is 2. The van der Waals surface area contributed by atoms with Crippen molar-refractivity contribution in [2.24, 2.45) is 4.99 Å². The van der Waals surface area contributed by atoms with Crippen molar-refractivity contribution in [2.75, 3.05) is 44.2 Å². The van der Waals surface area contributed by atoms with Gasteiger partial charge in [-0.1, -0.05) is 0 Å². The van der Waals surface area contributed by atoms with Crippen LogP contribution < -0.4 is 15.5 Å². The van der Waals surface area contributed by atoms with Gasteiger partial charge in [0, 0.05) is 51.1 Å². The molecule has 2 saturated heterocycles. The van der Waals surface area contributed by atoms with E-state index in [4.69, 9.17) is 14.7 Å². The molecule has 1 atom stereocenters. The van der Waals surface area contributed by atoms with E-state index in [0.29, 0.717) is 6.54 Å². The molecule has 9 heteroatoms. The Kier molecular flexibility index (Phi) is 7.80. The fraction of sp³-hybridized carbons (Fsp3) is 0.762. The summed E-state index contributed by atoms with van der Waals surface area (Å²) in [5.74, 6) is 0.904. The van der Waals surface area contributed by atoms with Crippen LogP contribution in [0.1, 0.15) is 52.7 Å². The molecule has 1 amide bonds. The smallest absolute Gasteiger partial charge is 0.407 e. The number of thiazole rings is 1. The predicted octanol–water partition coefficient (Wildman–Crippen LogP) is 2.85. The molecular weight excluding hydrogens is 400 g/mol. The highest BCUT2D eigenvalue weighted by Gasteiger charge is 2.27. The lowest BCUT2D eigenvalue weighted by molar-refractivity contribution is 0.0507. The molecule has 1 unspecified atom stereocenters. The molecule has 2 fully saturated rings. The molecule has 2 N–H and O–H groups in total. The van der Waals surface area contributed by atoms with Crippen LogP contribution >= 0.6 is 11.3 Å². The fourth-order valence-corrected chi connectivity index (χ4v) is 4.63. The molecular formula is C21H36N6O2S. The Hall–Kier alpha value is -2.03. The Morgan fingerprint density at radius 3 is 2.80 bits per heavy atom. The number of carbonyl (C=O) groups excluding carboxylic acids is 1. The van der Waals surface area contributed by atoms with Crippen molar-refractivity contribution in [1.29, 1.82) is 0 Å². The minimum Gasteiger partial charge on any atom is -0.444 e. The van der Waals surface area contributed by atoms with E-state index in [1.807, 2.05) is 20.8 Å². The highest BCUT2D eigenvalue weighted by Crippen LogP contribution is 2.24. The topological polar surface area (TPSA) is 82.1 Å². The molecule has 2 aliphatic heterocycles. The van der Waals surface area contributed by atoms with Crippen LogP contribution in [0.5, 0.6) is 0 Å². The second-order valence-electron chi connectivity index (χ2n) is 8.88. The van der Waals surface area contributed by atoms with Crippen LogP contribution in [-0.2, 0) is 11.2 Å². The predicted molar refractivity (Wildman–Crippen MR) is 123 cm³/mol. The van der Waals surface area contributed by atoms with Gasteiger partial charge in [-0.25, -0.2) is 9.78 Å². The summed E-state index contributed by atoms with van der Waals surface area (Å²) in [6.45, 7) is 13.1. The van der Waals surface area contributed by atoms with Crippen molar-refractivity contribution in [3.05, 3.63) is 11.1 Å². The number of aromatic nitrogens is 1. The molecule has 0 aromatic carbocycles. The molecule has 30 heavy (non-hydrogen) atoms. The fourth-order valence-electron chi connectivity index (χ4n) is 3.71. The summed E-state index contributed by atoms with van der Waals surface area (Å²) in [5, 5.41) is 9.66. The first-order valence-electron chi connectivity index (χ1n) is 11.1. The Balaban J connectivity index is 1.49. The summed E-state index contributed by atoms with van der Waals surface area (Å²) >= 11 is 1.74. The number of anilines is 1. The molecule has 0 radical (unpaired) electrons. The molecule has 0 spiro atoms. The van der Waals surface area contributed by atoms with Crippen molar-refractivity contribution in [1.82, 2.24) is 20.5 Å². The first-order chi connectivity index (χ1) is 14.3. The summed E-state index contributed by atoms with van der Waals surface area (Å²) < 4.78 is 5.37. The molecule has 0 aliphatic carbocycles. The molecule has 3 heterocycles. The van der Waals surface area contributed by atoms with Crippen LogP contribution in [0.4, 0.5) is 9.93 Å². The number of aliphatic imine (C=N–C) groups is 1. The average molecular weight is 437 g/mol. The molecule has 0 saturated carbocycles. The molecule has 168 valence electrons. The average Bonchev–Trinajstić information content (AvgIpc) is 3.41. The number of guanidine groups is 1. The minimum atomic E-state index is -0.483. The third-order valence-corrected chi connectivity index (χ3v) is 6.04. The van der Waals surface area contributed by atoms with Gasteiger partial charge in [0.2, 0.25) is 0 Å². The van der Waals surface area contributed by atoms with E-state index in [9.17, 15) is 4.79 Å². The number of nitrogens with one attached hydrogen (secondary N) is 2. The Labute approximate surface area is 184 Å². The van der Waals surface area contributed by atoms with Crippen LogP contribution in [0, 0.1) is 0 Å². The van der Waals surface area contributed by atoms with Gasteiger partial charge < -0.3 is 25.2 Å². The van der Waals surface area contributed by atoms with Crippen LogP contribution in [0.25, 0.3) is 0 Å². The van der Waals surface area contributed by atoms with Gasteiger partial charge in [-0.15, -0.1) is 11.3 Å². The van der Waals surface area contributed by atoms with Gasteiger partial charge in [0.05, 0.1) is 11.7 Å². The number of hydrogen-bond acceptors (Lipinski definition) is 6. The van der Waals surface area contributed by atoms with Gasteiger partial charge in [0.15, 0.2) is 11.1 Å². The quantitative estimate of drug-likeness (QED) is 0.527. The lowest BCUT2D eigenvalue weighted by atomic mass is 10.2. The second kappa shape index (κ2) is 10.3. The van der Waals surface area contributed by atoms with E-state index in [-0.39, 0.29) is 12.1 Å². The van der Waals surface area contributed by atoms with E-state index in [2.05, 4.69) is 32.7 Å². The first kappa shape index (κ1) is 22.7. The van der Waals surface area contributed by atoms with Crippen molar-refractivity contribution in [3.8, 4) is 0 Å². The standard InChI is InChI=1S/C21H36N6O2S/c1-5-22-18(27-13-9-16(14-27)25-20(28)29-21(2,3)4)23-10-8-17-15-30-19(24-17)26-11-6-7-12-26/h15-16H,5-14H2,1-4H3,(H,22,23)(H,25,28). The maximum Gasteiger partial charge on any atom is 0.407 e. The zero-order chi connectivity index (χ0) is 21.6. The summed E-state index contributed by atoms with van der Waals surface area (Å²) in [4.78, 5) is 26.2. The van der Waals surface area contributed by atoms with Crippen molar-refractivity contribution < 1.29 is 9.53 Å². The number of carbonyl (C=O) groups is 1. The monoisotopic (exact) mass is 436 g/mol. The Morgan fingerprint density at radius 1 is 1.33 bits per heavy atom. The Bertz CT molecular complexity index is 723. The molecule has 1 aromatic heterocycles. The summed E-state index contributed by atoms with van der Waals surface area (Å²) in [5.41, 5.74) is 0.635. The van der Waals surface area contributed by atoms with Gasteiger partial charge in [0.25, 0.3) is 0 Å². The van der Waals surface area contributed by atoms with Crippen LogP contribution in [0.2, 0.25) is 0 Å². The van der Waals surface area contributed by atoms with E-state index >= 15 is 0 Å². The maximum atomic E-state index is 12.0. The lowest BCUT2D eigenvalue weighted by Gasteiger charge is -2.23. The number of ether oxygens (including phenoxy) is 1. The first-order valence-corrected chi connectivity index (χ1v) is 11.9. The summed E-state index contributed by atoms with van der Waals surface area (Å²) in [6.07, 6.45) is 3.91. The van der Waals surface area contributed by atoms with Gasteiger partial charge in [-0.3, -0.25) is 4.99 Å². The molecule has 1 aromatic rings. The van der Waals surface area contributed by atoms with Crippen LogP contribution in [0.15, 0.2) is 10.4 Å². The van der Waals surface area contributed by atoms with Gasteiger partial charge in [0.1, 0.15) is 5.60 Å². The van der Waals surface area contributed by atoms with E-state index in [1.165, 1.54) is 12.8 Å². The zero-order valence-electron chi connectivity index (χ0n) is 18.7. The number of likely N-dealkylation sites (tertiary alicyclic amines) is 1. The third-order valence-electron chi connectivity index (χ3n) is 5.09. The maximum absolute atomic E-state index is 12.0. The van der Waals surface area contributed by atoms with Crippen molar-refractivity contribution in [2.45, 2.75) is 65.0 Å². The van der Waals surface area contributed by atoms with E-state index in [1.54, 1.807) is 11.3 Å². The van der Waals surface area contributed by atoms with E-state index in [0.717, 1.165) is 62.4 Å². The van der Waals surface area contributed by atoms with Crippen molar-refractivity contribution >= 4 is 28.5 Å². The third kappa shape index (κ3) is 6.75. The Morgan fingerprint density at radius 2 is 2.10 bits per heavy atom. The summed E-state index contributed by atoms with van der Waals surface area (Å²) in [6, 6.07) is 0.0743. The van der Waals surface area contributed by atoms with Crippen molar-refractivity contribution in [3.63, 3.8) is 0 Å². The van der Waals surface area contributed by atoms with Crippen LogP contribution in [0.3, 0.4) is 0 Å². The number of alkyl carbamates (subject to hydrolysis) is 1. The SMILES string of the molecule is CCNC(=NCCc1csc(N2CCCC2)n1)N1CCC(NC(=O)OC(C)(C)C)C1. The highest BCUT2D eigenvalue weighted by atomic mass is 32.1. The largest absolute Gasteiger partial charge is 0.444 e. The van der Waals surface area contributed by atoms with Gasteiger partial charge in [-0.05, 0) is 47.0 Å². The minimum absolute atomic E-state index is 0.0743. The zero-order valence-corrected chi connectivity index (χ0v) is 19.6.